The average Bonchev–Trinajstić information content (AvgIpc) is 3.94. The van der Waals surface area contributed by atoms with Gasteiger partial charge in [-0.25, -0.2) is 24.0 Å². The van der Waals surface area contributed by atoms with Crippen LogP contribution in [-0.4, -0.2) is 165 Å². The molecule has 4 heterocycles. The summed E-state index contributed by atoms with van der Waals surface area (Å²) >= 11 is 0. The Morgan fingerprint density at radius 3 is 1.60 bits per heavy atom. The monoisotopic (exact) mass is 1000 g/mol. The molecule has 0 spiro atoms. The first kappa shape index (κ1) is 55.1. The number of primary amides is 2. The molecule has 23 heteroatoms. The summed E-state index contributed by atoms with van der Waals surface area (Å²) in [5.74, 6) is -2.24. The highest BCUT2D eigenvalue weighted by Gasteiger charge is 2.37. The summed E-state index contributed by atoms with van der Waals surface area (Å²) in [7, 11) is 0. The molecule has 0 saturated carbocycles. The van der Waals surface area contributed by atoms with Crippen LogP contribution in [0.15, 0.2) is 66.7 Å². The number of benzene rings is 3. The number of carbonyl (C=O) groups is 10. The molecule has 2 atom stereocenters. The van der Waals surface area contributed by atoms with Crippen molar-refractivity contribution < 1.29 is 61.8 Å². The van der Waals surface area contributed by atoms with Crippen LogP contribution in [0.2, 0.25) is 0 Å². The first-order valence-electron chi connectivity index (χ1n) is 23.4. The predicted octanol–water partition coefficient (Wildman–Crippen LogP) is 1.80. The molecule has 0 bridgehead atoms. The number of nitrogens with zero attached hydrogens (tertiary/aromatic N) is 5. The number of cyclic esters (lactones) is 2. The SMILES string of the molecule is CC(=O)CCC(=O)c1ccc(C(N)=O)cc1.CC(=O)NC[C@H]1CN(N2CCN(C(=O)CCC(=O)c3ccc(C(N)=O)cc3)CC2)C(=O)O1.CC(=O)NC[C@H]1CN(c2ccc(N3CCNCC3)c(F)c2)C(=O)O1. The van der Waals surface area contributed by atoms with Gasteiger partial charge in [-0.3, -0.25) is 38.5 Å². The molecule has 0 aromatic heterocycles. The zero-order chi connectivity index (χ0) is 52.5. The second kappa shape index (κ2) is 26.4. The van der Waals surface area contributed by atoms with Gasteiger partial charge in [0.2, 0.25) is 29.5 Å². The number of halogens is 1. The van der Waals surface area contributed by atoms with Crippen molar-refractivity contribution in [1.29, 1.82) is 0 Å². The number of hydrazine groups is 1. The van der Waals surface area contributed by atoms with E-state index in [0.717, 1.165) is 26.2 Å². The van der Waals surface area contributed by atoms with E-state index in [-0.39, 0.29) is 86.2 Å². The third-order valence-corrected chi connectivity index (χ3v) is 11.8. The summed E-state index contributed by atoms with van der Waals surface area (Å²) in [5.41, 5.74) is 12.9. The number of hydrogen-bond acceptors (Lipinski definition) is 15. The molecule has 0 unspecified atom stereocenters. The van der Waals surface area contributed by atoms with Crippen LogP contribution in [0.25, 0.3) is 0 Å². The number of amides is 7. The van der Waals surface area contributed by atoms with Gasteiger partial charge in [-0.05, 0) is 49.4 Å². The molecular formula is C49H61FN10O12. The minimum Gasteiger partial charge on any atom is -0.442 e. The lowest BCUT2D eigenvalue weighted by molar-refractivity contribution is -0.135. The van der Waals surface area contributed by atoms with E-state index < -0.39 is 36.2 Å². The van der Waals surface area contributed by atoms with E-state index in [1.54, 1.807) is 29.2 Å². The molecular weight excluding hydrogens is 940 g/mol. The summed E-state index contributed by atoms with van der Waals surface area (Å²) in [6, 6.07) is 16.9. The molecule has 72 heavy (non-hydrogen) atoms. The summed E-state index contributed by atoms with van der Waals surface area (Å²) in [6.45, 7) is 10.3. The van der Waals surface area contributed by atoms with E-state index in [1.165, 1.54) is 73.1 Å². The Morgan fingerprint density at radius 1 is 0.625 bits per heavy atom. The predicted molar refractivity (Wildman–Crippen MR) is 259 cm³/mol. The molecule has 7 amide bonds. The molecule has 0 aliphatic carbocycles. The van der Waals surface area contributed by atoms with Crippen LogP contribution in [0.5, 0.6) is 0 Å². The van der Waals surface area contributed by atoms with E-state index in [1.807, 2.05) is 9.91 Å². The van der Waals surface area contributed by atoms with E-state index in [4.69, 9.17) is 20.9 Å². The zero-order valence-corrected chi connectivity index (χ0v) is 40.5. The quantitative estimate of drug-likeness (QED) is 0.121. The van der Waals surface area contributed by atoms with Crippen molar-refractivity contribution in [2.45, 2.75) is 58.7 Å². The Hall–Kier alpha value is -7.79. The van der Waals surface area contributed by atoms with Crippen molar-refractivity contribution in [3.63, 3.8) is 0 Å². The van der Waals surface area contributed by atoms with Gasteiger partial charge in [0, 0.05) is 114 Å². The second-order valence-electron chi connectivity index (χ2n) is 17.2. The van der Waals surface area contributed by atoms with Crippen molar-refractivity contribution in [3.8, 4) is 0 Å². The summed E-state index contributed by atoms with van der Waals surface area (Å²) < 4.78 is 24.9. The fourth-order valence-electron chi connectivity index (χ4n) is 7.81. The van der Waals surface area contributed by atoms with Crippen LogP contribution in [0.4, 0.5) is 25.4 Å². The fraction of sp³-hybridized carbons (Fsp3) is 0.429. The first-order chi connectivity index (χ1) is 34.3. The molecule has 3 aromatic carbocycles. The van der Waals surface area contributed by atoms with Gasteiger partial charge in [-0.1, -0.05) is 24.3 Å². The minimum atomic E-state index is -0.566. The van der Waals surface area contributed by atoms with Crippen molar-refractivity contribution in [3.05, 3.63) is 94.8 Å². The number of hydrogen-bond donors (Lipinski definition) is 5. The van der Waals surface area contributed by atoms with Crippen LogP contribution in [0.1, 0.15) is 87.9 Å². The smallest absolute Gasteiger partial charge is 0.424 e. The molecule has 4 saturated heterocycles. The van der Waals surface area contributed by atoms with Gasteiger partial charge in [0.15, 0.2) is 11.6 Å². The molecule has 386 valence electrons. The fourth-order valence-corrected chi connectivity index (χ4v) is 7.81. The third-order valence-electron chi connectivity index (χ3n) is 11.8. The Morgan fingerprint density at radius 2 is 1.11 bits per heavy atom. The van der Waals surface area contributed by atoms with Crippen LogP contribution < -0.4 is 37.2 Å². The molecule has 4 aliphatic heterocycles. The molecule has 7 N–H and O–H groups in total. The number of ketones is 3. The third kappa shape index (κ3) is 16.4. The number of Topliss-reactive ketones (excluding diaryl/α,β-unsaturated/α-hetero) is 3. The first-order valence-corrected chi connectivity index (χ1v) is 23.4. The zero-order valence-electron chi connectivity index (χ0n) is 40.5. The Balaban J connectivity index is 0.000000212. The highest BCUT2D eigenvalue weighted by atomic mass is 19.1. The molecule has 3 aromatic rings. The van der Waals surface area contributed by atoms with Crippen LogP contribution in [0, 0.1) is 5.82 Å². The van der Waals surface area contributed by atoms with Crippen LogP contribution in [-0.2, 0) is 28.7 Å². The normalized spacial score (nSPS) is 17.6. The highest BCUT2D eigenvalue weighted by molar-refractivity contribution is 6.00. The van der Waals surface area contributed by atoms with Gasteiger partial charge in [0.1, 0.15) is 23.8 Å². The van der Waals surface area contributed by atoms with Gasteiger partial charge in [0.05, 0.1) is 37.6 Å². The Labute approximate surface area is 415 Å². The summed E-state index contributed by atoms with van der Waals surface area (Å²) in [4.78, 5) is 120. The molecule has 7 rings (SSSR count). The van der Waals surface area contributed by atoms with Gasteiger partial charge in [-0.2, -0.15) is 0 Å². The lowest BCUT2D eigenvalue weighted by atomic mass is 10.0. The van der Waals surface area contributed by atoms with Crippen LogP contribution in [0.3, 0.4) is 0 Å². The second-order valence-corrected chi connectivity index (χ2v) is 17.2. The molecule has 4 aliphatic rings. The standard InChI is InChI=1S/C21H27N5O6.C16H21FN4O3.C12H13NO3/c1-14(27)23-12-17-13-26(21(31)32-17)25-10-8-24(9-11-25)19(29)7-6-18(28)15-2-4-16(5-3-15)20(22)30;1-11(22)19-9-13-10-21(16(23)24-13)12-2-3-15(14(17)8-12)20-6-4-18-5-7-20;1-8(14)2-7-11(15)9-3-5-10(6-4-9)12(13)16/h2-5,17H,6-13H2,1H3,(H2,22,30)(H,23,27);2-3,8,13,18H,4-7,9-10H2,1H3,(H,19,22);3-6H,2,7H2,1H3,(H2,13,16)/t17-;13-;/m00./s1. The molecule has 22 nitrogen and oxygen atoms in total. The summed E-state index contributed by atoms with van der Waals surface area (Å²) in [5, 5.41) is 11.8. The maximum atomic E-state index is 14.5. The maximum absolute atomic E-state index is 14.5. The van der Waals surface area contributed by atoms with Crippen LogP contribution >= 0.6 is 0 Å². The van der Waals surface area contributed by atoms with Gasteiger partial charge in [0.25, 0.3) is 0 Å². The summed E-state index contributed by atoms with van der Waals surface area (Å²) in [6.07, 6.45) is -1.24. The topological polar surface area (TPSA) is 293 Å². The van der Waals surface area contributed by atoms with Gasteiger partial charge in [-0.15, -0.1) is 0 Å². The minimum absolute atomic E-state index is 0.0119. The van der Waals surface area contributed by atoms with E-state index in [9.17, 15) is 52.3 Å². The number of nitrogens with two attached hydrogens (primary N) is 2. The van der Waals surface area contributed by atoms with Crippen molar-refractivity contribution >= 4 is 70.4 Å². The van der Waals surface area contributed by atoms with E-state index in [0.29, 0.717) is 66.4 Å². The van der Waals surface area contributed by atoms with E-state index in [2.05, 4.69) is 16.0 Å². The highest BCUT2D eigenvalue weighted by Crippen LogP contribution is 2.28. The Kier molecular flexibility index (Phi) is 20.2. The van der Waals surface area contributed by atoms with Crippen molar-refractivity contribution in [2.75, 3.05) is 88.3 Å². The lowest BCUT2D eigenvalue weighted by Gasteiger charge is -2.38. The number of ether oxygens (including phenoxy) is 2. The van der Waals surface area contributed by atoms with Crippen molar-refractivity contribution in [1.82, 2.24) is 30.9 Å². The number of nitrogens with one attached hydrogen (secondary N) is 3. The number of carbonyl (C=O) groups excluding carboxylic acids is 10. The van der Waals surface area contributed by atoms with Gasteiger partial charge >= 0.3 is 12.2 Å². The largest absolute Gasteiger partial charge is 0.442 e. The van der Waals surface area contributed by atoms with Crippen molar-refractivity contribution in [2.24, 2.45) is 11.5 Å². The number of rotatable bonds is 17. The lowest BCUT2D eigenvalue weighted by Crippen LogP contribution is -2.55. The Bertz CT molecular complexity index is 2480. The van der Waals surface area contributed by atoms with E-state index >= 15 is 0 Å². The molecule has 0 radical (unpaired) electrons. The number of anilines is 2. The molecule has 4 fully saturated rings. The number of piperazine rings is 2. The maximum Gasteiger partial charge on any atom is 0.424 e. The average molecular weight is 1000 g/mol. The van der Waals surface area contributed by atoms with Gasteiger partial charge < -0.3 is 51.5 Å².